The molecule has 0 atom stereocenters. The molecule has 0 radical (unpaired) electrons. The van der Waals surface area contributed by atoms with E-state index in [-0.39, 0.29) is 23.7 Å². The second-order valence-corrected chi connectivity index (χ2v) is 5.43. The van der Waals surface area contributed by atoms with E-state index in [1.54, 1.807) is 7.11 Å². The van der Waals surface area contributed by atoms with Crippen molar-refractivity contribution in [3.8, 4) is 5.75 Å². The summed E-state index contributed by atoms with van der Waals surface area (Å²) in [7, 11) is 1.64. The van der Waals surface area contributed by atoms with Crippen molar-refractivity contribution < 1.29 is 23.0 Å². The fourth-order valence-corrected chi connectivity index (χ4v) is 2.43. The van der Waals surface area contributed by atoms with Crippen molar-refractivity contribution in [2.75, 3.05) is 26.9 Å². The second kappa shape index (κ2) is 6.85. The zero-order valence-electron chi connectivity index (χ0n) is 12.0. The van der Waals surface area contributed by atoms with Crippen LogP contribution in [0.15, 0.2) is 18.2 Å². The summed E-state index contributed by atoms with van der Waals surface area (Å²) in [6, 6.07) is 2.96. The molecule has 0 spiro atoms. The number of benzene rings is 1. The largest absolute Gasteiger partial charge is 0.481 e. The summed E-state index contributed by atoms with van der Waals surface area (Å²) in [6.07, 6.45) is 3.18. The molecular weight excluding hydrogens is 280 g/mol. The Bertz CT molecular complexity index is 504. The van der Waals surface area contributed by atoms with Gasteiger partial charge in [-0.3, -0.25) is 4.79 Å². The van der Waals surface area contributed by atoms with Crippen molar-refractivity contribution in [3.63, 3.8) is 0 Å². The van der Waals surface area contributed by atoms with E-state index in [1.165, 1.54) is 0 Å². The SMILES string of the molecule is COCC1(CNC(=O)COc2ccc(F)cc2F)CCC1. The molecule has 1 aromatic rings. The Morgan fingerprint density at radius 2 is 2.14 bits per heavy atom. The number of hydrogen-bond acceptors (Lipinski definition) is 3. The lowest BCUT2D eigenvalue weighted by Crippen LogP contribution is -2.46. The van der Waals surface area contributed by atoms with Crippen molar-refractivity contribution in [1.82, 2.24) is 5.32 Å². The van der Waals surface area contributed by atoms with Crippen LogP contribution in [0, 0.1) is 17.0 Å². The van der Waals surface area contributed by atoms with Gasteiger partial charge in [0.15, 0.2) is 18.2 Å². The molecule has 6 heteroatoms. The lowest BCUT2D eigenvalue weighted by Gasteiger charge is -2.41. The molecule has 1 aliphatic rings. The van der Waals surface area contributed by atoms with E-state index in [0.717, 1.165) is 37.5 Å². The molecule has 21 heavy (non-hydrogen) atoms. The average Bonchev–Trinajstić information content (AvgIpc) is 2.40. The van der Waals surface area contributed by atoms with Gasteiger partial charge >= 0.3 is 0 Å². The predicted molar refractivity (Wildman–Crippen MR) is 73.0 cm³/mol. The van der Waals surface area contributed by atoms with Crippen molar-refractivity contribution in [2.24, 2.45) is 5.41 Å². The molecular formula is C15H19F2NO3. The number of ether oxygens (including phenoxy) is 2. The van der Waals surface area contributed by atoms with Crippen molar-refractivity contribution in [3.05, 3.63) is 29.8 Å². The first kappa shape index (κ1) is 15.7. The van der Waals surface area contributed by atoms with Gasteiger partial charge in [0.1, 0.15) is 5.82 Å². The normalized spacial score (nSPS) is 16.1. The Balaban J connectivity index is 1.77. The summed E-state index contributed by atoms with van der Waals surface area (Å²) in [6.45, 7) is 0.835. The van der Waals surface area contributed by atoms with Crippen molar-refractivity contribution in [1.29, 1.82) is 0 Å². The van der Waals surface area contributed by atoms with Crippen LogP contribution in [0.2, 0.25) is 0 Å². The molecule has 1 fully saturated rings. The standard InChI is InChI=1S/C15H19F2NO3/c1-20-10-15(5-2-6-15)9-18-14(19)8-21-13-4-3-11(16)7-12(13)17/h3-4,7H,2,5-6,8-10H2,1H3,(H,18,19). The van der Waals surface area contributed by atoms with Gasteiger partial charge in [-0.25, -0.2) is 8.78 Å². The highest BCUT2D eigenvalue weighted by molar-refractivity contribution is 5.77. The molecule has 0 unspecified atom stereocenters. The maximum atomic E-state index is 13.3. The van der Waals surface area contributed by atoms with Gasteiger partial charge in [0.25, 0.3) is 5.91 Å². The Morgan fingerprint density at radius 3 is 2.71 bits per heavy atom. The van der Waals surface area contributed by atoms with E-state index in [2.05, 4.69) is 5.32 Å². The number of nitrogens with one attached hydrogen (secondary N) is 1. The zero-order valence-corrected chi connectivity index (χ0v) is 12.0. The molecule has 1 amide bonds. The number of halogens is 2. The smallest absolute Gasteiger partial charge is 0.257 e. The number of carbonyl (C=O) groups is 1. The number of rotatable bonds is 7. The van der Waals surface area contributed by atoms with Crippen LogP contribution in [0.3, 0.4) is 0 Å². The summed E-state index contributed by atoms with van der Waals surface area (Å²) >= 11 is 0. The average molecular weight is 299 g/mol. The Labute approximate surface area is 122 Å². The maximum Gasteiger partial charge on any atom is 0.257 e. The molecule has 0 bridgehead atoms. The number of methoxy groups -OCH3 is 1. The Morgan fingerprint density at radius 1 is 1.38 bits per heavy atom. The molecule has 2 rings (SSSR count). The quantitative estimate of drug-likeness (QED) is 0.840. The van der Waals surface area contributed by atoms with E-state index in [1.807, 2.05) is 0 Å². The molecule has 0 heterocycles. The van der Waals surface area contributed by atoms with Gasteiger partial charge in [0.05, 0.1) is 6.61 Å². The lowest BCUT2D eigenvalue weighted by molar-refractivity contribution is -0.124. The third-order valence-electron chi connectivity index (χ3n) is 3.78. The Hall–Kier alpha value is -1.69. The van der Waals surface area contributed by atoms with Crippen LogP contribution in [0.5, 0.6) is 5.75 Å². The predicted octanol–water partition coefficient (Wildman–Crippen LogP) is 2.28. The van der Waals surface area contributed by atoms with Crippen LogP contribution >= 0.6 is 0 Å². The fraction of sp³-hybridized carbons (Fsp3) is 0.533. The van der Waals surface area contributed by atoms with Crippen LogP contribution in [-0.4, -0.2) is 32.8 Å². The van der Waals surface area contributed by atoms with Crippen LogP contribution < -0.4 is 10.1 Å². The summed E-state index contributed by atoms with van der Waals surface area (Å²) in [4.78, 5) is 11.7. The van der Waals surface area contributed by atoms with Crippen LogP contribution in [0.4, 0.5) is 8.78 Å². The number of carbonyl (C=O) groups excluding carboxylic acids is 1. The van der Waals surface area contributed by atoms with E-state index >= 15 is 0 Å². The molecule has 1 aromatic carbocycles. The summed E-state index contributed by atoms with van der Waals surface area (Å²) in [5.74, 6) is -1.98. The van der Waals surface area contributed by atoms with E-state index in [4.69, 9.17) is 9.47 Å². The fourth-order valence-electron chi connectivity index (χ4n) is 2.43. The second-order valence-electron chi connectivity index (χ2n) is 5.43. The molecule has 116 valence electrons. The van der Waals surface area contributed by atoms with Gasteiger partial charge < -0.3 is 14.8 Å². The molecule has 0 aliphatic heterocycles. The highest BCUT2D eigenvalue weighted by Crippen LogP contribution is 2.40. The molecule has 0 saturated heterocycles. The van der Waals surface area contributed by atoms with Gasteiger partial charge in [-0.05, 0) is 25.0 Å². The van der Waals surface area contributed by atoms with Gasteiger partial charge in [-0.15, -0.1) is 0 Å². The summed E-state index contributed by atoms with van der Waals surface area (Å²) in [5, 5.41) is 2.77. The lowest BCUT2D eigenvalue weighted by atomic mass is 9.69. The van der Waals surface area contributed by atoms with Crippen molar-refractivity contribution >= 4 is 5.91 Å². The minimum absolute atomic E-state index is 0.0194. The van der Waals surface area contributed by atoms with Crippen LogP contribution in [0.25, 0.3) is 0 Å². The van der Waals surface area contributed by atoms with E-state index in [9.17, 15) is 13.6 Å². The van der Waals surface area contributed by atoms with Gasteiger partial charge in [0.2, 0.25) is 0 Å². The van der Waals surface area contributed by atoms with Gasteiger partial charge in [0, 0.05) is 25.1 Å². The molecule has 1 N–H and O–H groups in total. The molecule has 4 nitrogen and oxygen atoms in total. The van der Waals surface area contributed by atoms with Crippen molar-refractivity contribution in [2.45, 2.75) is 19.3 Å². The molecule has 1 saturated carbocycles. The van der Waals surface area contributed by atoms with Gasteiger partial charge in [-0.2, -0.15) is 0 Å². The third kappa shape index (κ3) is 4.14. The minimum Gasteiger partial charge on any atom is -0.481 e. The molecule has 0 aromatic heterocycles. The first-order valence-electron chi connectivity index (χ1n) is 6.88. The summed E-state index contributed by atoms with van der Waals surface area (Å²) in [5.41, 5.74) is 0.0194. The first-order valence-corrected chi connectivity index (χ1v) is 6.88. The highest BCUT2D eigenvalue weighted by atomic mass is 19.1. The minimum atomic E-state index is -0.822. The topological polar surface area (TPSA) is 47.6 Å². The molecule has 1 aliphatic carbocycles. The first-order chi connectivity index (χ1) is 10.0. The van der Waals surface area contributed by atoms with E-state index in [0.29, 0.717) is 13.2 Å². The Kier molecular flexibility index (Phi) is 5.12. The van der Waals surface area contributed by atoms with Gasteiger partial charge in [-0.1, -0.05) is 6.42 Å². The number of hydrogen-bond donors (Lipinski definition) is 1. The monoisotopic (exact) mass is 299 g/mol. The van der Waals surface area contributed by atoms with E-state index < -0.39 is 11.6 Å². The number of amides is 1. The summed E-state index contributed by atoms with van der Waals surface area (Å²) < 4.78 is 36.3. The third-order valence-corrected chi connectivity index (χ3v) is 3.78. The zero-order chi connectivity index (χ0) is 15.3. The van der Waals surface area contributed by atoms with Crippen LogP contribution in [0.1, 0.15) is 19.3 Å². The van der Waals surface area contributed by atoms with Crippen LogP contribution in [-0.2, 0) is 9.53 Å². The highest BCUT2D eigenvalue weighted by Gasteiger charge is 2.37. The maximum absolute atomic E-state index is 13.3.